The van der Waals surface area contributed by atoms with Crippen molar-refractivity contribution in [1.29, 1.82) is 0 Å². The van der Waals surface area contributed by atoms with Crippen LogP contribution in [0.3, 0.4) is 0 Å². The van der Waals surface area contributed by atoms with Crippen molar-refractivity contribution in [2.45, 2.75) is 91.4 Å². The maximum Gasteiger partial charge on any atom is 0.106 e. The predicted molar refractivity (Wildman–Crippen MR) is 83.8 cm³/mol. The van der Waals surface area contributed by atoms with Gasteiger partial charge in [-0.2, -0.15) is 0 Å². The number of imidazole rings is 1. The Morgan fingerprint density at radius 1 is 1.11 bits per heavy atom. The summed E-state index contributed by atoms with van der Waals surface area (Å²) in [5.74, 6) is 1.72. The molecule has 0 aliphatic rings. The third-order valence-electron chi connectivity index (χ3n) is 3.89. The molecular weight excluding hydrogens is 232 g/mol. The van der Waals surface area contributed by atoms with Gasteiger partial charge in [-0.05, 0) is 18.8 Å². The van der Waals surface area contributed by atoms with Crippen molar-refractivity contribution in [3.63, 3.8) is 0 Å². The lowest BCUT2D eigenvalue weighted by Gasteiger charge is -2.24. The third kappa shape index (κ3) is 4.36. The summed E-state index contributed by atoms with van der Waals surface area (Å²) in [6, 6.07) is 0. The van der Waals surface area contributed by atoms with Crippen molar-refractivity contribution in [1.82, 2.24) is 9.97 Å². The molecule has 0 unspecified atom stereocenters. The van der Waals surface area contributed by atoms with E-state index < -0.39 is 0 Å². The first-order chi connectivity index (χ1) is 8.92. The number of rotatable bonds is 8. The van der Waals surface area contributed by atoms with Crippen molar-refractivity contribution in [3.05, 3.63) is 17.2 Å². The summed E-state index contributed by atoms with van der Waals surface area (Å²) in [6.07, 6.45) is 7.32. The van der Waals surface area contributed by atoms with Gasteiger partial charge in [0.2, 0.25) is 0 Å². The lowest BCUT2D eigenvalue weighted by atomic mass is 9.82. The number of nitrogens with zero attached hydrogens (tertiary/aromatic N) is 1. The van der Waals surface area contributed by atoms with E-state index in [4.69, 9.17) is 4.98 Å². The number of hydrogen-bond acceptors (Lipinski definition) is 1. The van der Waals surface area contributed by atoms with Crippen LogP contribution in [0.5, 0.6) is 0 Å². The largest absolute Gasteiger partial charge is 0.345 e. The highest BCUT2D eigenvalue weighted by atomic mass is 14.9. The first kappa shape index (κ1) is 16.3. The zero-order valence-corrected chi connectivity index (χ0v) is 13.8. The second kappa shape index (κ2) is 7.12. The minimum Gasteiger partial charge on any atom is -0.345 e. The van der Waals surface area contributed by atoms with Gasteiger partial charge in [0.05, 0.1) is 5.69 Å². The number of aromatic nitrogens is 2. The second-order valence-electron chi connectivity index (χ2n) is 6.69. The molecule has 0 aliphatic carbocycles. The highest BCUT2D eigenvalue weighted by Crippen LogP contribution is 2.32. The zero-order valence-electron chi connectivity index (χ0n) is 13.8. The summed E-state index contributed by atoms with van der Waals surface area (Å²) in [4.78, 5) is 8.53. The molecule has 1 rings (SSSR count). The maximum atomic E-state index is 4.94. The van der Waals surface area contributed by atoms with E-state index in [1.165, 1.54) is 49.3 Å². The minimum atomic E-state index is 0.188. The molecule has 0 saturated carbocycles. The van der Waals surface area contributed by atoms with Gasteiger partial charge in [-0.15, -0.1) is 0 Å². The molecule has 2 nitrogen and oxygen atoms in total. The van der Waals surface area contributed by atoms with Crippen molar-refractivity contribution < 1.29 is 0 Å². The van der Waals surface area contributed by atoms with E-state index in [0.29, 0.717) is 5.92 Å². The number of unbranched alkanes of at least 4 members (excludes halogenated alkanes) is 2. The number of H-pyrrole nitrogens is 1. The van der Waals surface area contributed by atoms with E-state index >= 15 is 0 Å². The average Bonchev–Trinajstić information content (AvgIpc) is 2.74. The van der Waals surface area contributed by atoms with Gasteiger partial charge in [-0.1, -0.05) is 60.8 Å². The third-order valence-corrected chi connectivity index (χ3v) is 3.89. The fraction of sp³-hybridized carbons (Fsp3) is 0.824. The monoisotopic (exact) mass is 264 g/mol. The standard InChI is InChI=1S/C17H32N2/c1-7-9-10-11-14-18-15(13(3)4)16(19-14)17(5,6)12-8-2/h13H,7-12H2,1-6H3,(H,18,19). The second-order valence-corrected chi connectivity index (χ2v) is 6.69. The fourth-order valence-electron chi connectivity index (χ4n) is 2.78. The summed E-state index contributed by atoms with van der Waals surface area (Å²) in [5, 5.41) is 0. The van der Waals surface area contributed by atoms with Crippen LogP contribution in [0, 0.1) is 0 Å². The summed E-state index contributed by atoms with van der Waals surface area (Å²) >= 11 is 0. The molecule has 0 radical (unpaired) electrons. The predicted octanol–water partition coefficient (Wildman–Crippen LogP) is 5.34. The molecule has 0 bridgehead atoms. The Morgan fingerprint density at radius 3 is 2.32 bits per heavy atom. The number of nitrogens with one attached hydrogen (secondary N) is 1. The normalized spacial score (nSPS) is 12.4. The Hall–Kier alpha value is -0.790. The van der Waals surface area contributed by atoms with E-state index in [9.17, 15) is 0 Å². The van der Waals surface area contributed by atoms with Gasteiger partial charge in [-0.25, -0.2) is 4.98 Å². The van der Waals surface area contributed by atoms with E-state index in [1.54, 1.807) is 0 Å². The number of aromatic amines is 1. The molecule has 0 aromatic carbocycles. The molecule has 1 N–H and O–H groups in total. The first-order valence-electron chi connectivity index (χ1n) is 8.01. The minimum absolute atomic E-state index is 0.188. The smallest absolute Gasteiger partial charge is 0.106 e. The lowest BCUT2D eigenvalue weighted by Crippen LogP contribution is -2.19. The highest BCUT2D eigenvalue weighted by Gasteiger charge is 2.27. The van der Waals surface area contributed by atoms with Gasteiger partial charge in [0.15, 0.2) is 0 Å². The fourth-order valence-corrected chi connectivity index (χ4v) is 2.78. The summed E-state index contributed by atoms with van der Waals surface area (Å²) < 4.78 is 0. The van der Waals surface area contributed by atoms with Gasteiger partial charge in [0, 0.05) is 17.5 Å². The van der Waals surface area contributed by atoms with E-state index in [0.717, 1.165) is 6.42 Å². The van der Waals surface area contributed by atoms with Crippen molar-refractivity contribution in [3.8, 4) is 0 Å². The van der Waals surface area contributed by atoms with Crippen LogP contribution in [-0.2, 0) is 11.8 Å². The van der Waals surface area contributed by atoms with Crippen molar-refractivity contribution >= 4 is 0 Å². The van der Waals surface area contributed by atoms with Crippen LogP contribution in [0.4, 0.5) is 0 Å². The highest BCUT2D eigenvalue weighted by molar-refractivity contribution is 5.25. The molecule has 2 heteroatoms. The van der Waals surface area contributed by atoms with E-state index in [-0.39, 0.29) is 5.41 Å². The van der Waals surface area contributed by atoms with Crippen LogP contribution in [-0.4, -0.2) is 9.97 Å². The molecule has 19 heavy (non-hydrogen) atoms. The lowest BCUT2D eigenvalue weighted by molar-refractivity contribution is 0.454. The summed E-state index contributed by atoms with van der Waals surface area (Å²) in [7, 11) is 0. The van der Waals surface area contributed by atoms with Crippen LogP contribution in [0.1, 0.15) is 96.8 Å². The van der Waals surface area contributed by atoms with Crippen LogP contribution in [0.25, 0.3) is 0 Å². The zero-order chi connectivity index (χ0) is 14.5. The SMILES string of the molecule is CCCCCc1nc(C(C)(C)CCC)c(C(C)C)[nH]1. The molecule has 0 amide bonds. The van der Waals surface area contributed by atoms with Crippen LogP contribution in [0.15, 0.2) is 0 Å². The van der Waals surface area contributed by atoms with Gasteiger partial charge in [-0.3, -0.25) is 0 Å². The molecule has 0 aliphatic heterocycles. The molecule has 0 atom stereocenters. The molecule has 110 valence electrons. The van der Waals surface area contributed by atoms with E-state index in [2.05, 4.69) is 46.5 Å². The topological polar surface area (TPSA) is 28.7 Å². The van der Waals surface area contributed by atoms with Crippen molar-refractivity contribution in [2.75, 3.05) is 0 Å². The first-order valence-corrected chi connectivity index (χ1v) is 8.01. The van der Waals surface area contributed by atoms with Crippen LogP contribution >= 0.6 is 0 Å². The Morgan fingerprint density at radius 2 is 1.79 bits per heavy atom. The molecule has 0 fully saturated rings. The molecule has 1 aromatic rings. The van der Waals surface area contributed by atoms with Gasteiger partial charge < -0.3 is 4.98 Å². The van der Waals surface area contributed by atoms with Gasteiger partial charge in [0.25, 0.3) is 0 Å². The molecular formula is C17H32N2. The molecule has 0 spiro atoms. The average molecular weight is 264 g/mol. The van der Waals surface area contributed by atoms with Crippen LogP contribution < -0.4 is 0 Å². The summed E-state index contributed by atoms with van der Waals surface area (Å²) in [6.45, 7) is 13.7. The Kier molecular flexibility index (Phi) is 6.09. The van der Waals surface area contributed by atoms with Gasteiger partial charge >= 0.3 is 0 Å². The Bertz CT molecular complexity index is 375. The van der Waals surface area contributed by atoms with Crippen LogP contribution in [0.2, 0.25) is 0 Å². The number of aryl methyl sites for hydroxylation is 1. The van der Waals surface area contributed by atoms with E-state index in [1.807, 2.05) is 0 Å². The van der Waals surface area contributed by atoms with Gasteiger partial charge in [0.1, 0.15) is 5.82 Å². The number of hydrogen-bond donors (Lipinski definition) is 1. The molecule has 0 saturated heterocycles. The quantitative estimate of drug-likeness (QED) is 0.630. The molecule has 1 heterocycles. The molecule has 1 aromatic heterocycles. The Balaban J connectivity index is 2.95. The Labute approximate surface area is 119 Å². The summed E-state index contributed by atoms with van der Waals surface area (Å²) in [5.41, 5.74) is 2.84. The van der Waals surface area contributed by atoms with Crippen molar-refractivity contribution in [2.24, 2.45) is 0 Å². The maximum absolute atomic E-state index is 4.94.